The average Bonchev–Trinajstić information content (AvgIpc) is 2.64. The molecular formula is C17H17GeNO5. The van der Waals surface area contributed by atoms with Gasteiger partial charge in [-0.25, -0.2) is 0 Å². The monoisotopic (exact) mass is 389 g/mol. The molecule has 2 aromatic rings. The Bertz CT molecular complexity index is 675. The predicted molar refractivity (Wildman–Crippen MR) is 90.0 cm³/mol. The predicted octanol–water partition coefficient (Wildman–Crippen LogP) is 1.98. The summed E-state index contributed by atoms with van der Waals surface area (Å²) in [6, 6.07) is 16.1. The fourth-order valence-corrected chi connectivity index (χ4v) is 3.04. The molecule has 2 radical (unpaired) electrons. The number of ketones is 1. The van der Waals surface area contributed by atoms with E-state index in [0.717, 1.165) is 10.1 Å². The van der Waals surface area contributed by atoms with Gasteiger partial charge in [0, 0.05) is 0 Å². The van der Waals surface area contributed by atoms with Crippen LogP contribution in [0.5, 0.6) is 0 Å². The molecule has 0 fully saturated rings. The molecule has 0 aromatic heterocycles. The van der Waals surface area contributed by atoms with Crippen LogP contribution in [0.15, 0.2) is 54.6 Å². The van der Waals surface area contributed by atoms with Crippen LogP contribution in [-0.4, -0.2) is 39.8 Å². The Kier molecular flexibility index (Phi) is 7.14. The van der Waals surface area contributed by atoms with Crippen molar-refractivity contribution in [1.82, 2.24) is 0 Å². The number of carbonyl (C=O) groups is 2. The van der Waals surface area contributed by atoms with Crippen molar-refractivity contribution in [1.29, 1.82) is 0 Å². The van der Waals surface area contributed by atoms with Crippen LogP contribution in [0.3, 0.4) is 0 Å². The van der Waals surface area contributed by atoms with Crippen LogP contribution in [-0.2, 0) is 13.7 Å². The number of rotatable bonds is 8. The molecule has 2 aromatic carbocycles. The van der Waals surface area contributed by atoms with Gasteiger partial charge in [0.15, 0.2) is 0 Å². The molecule has 0 saturated heterocycles. The van der Waals surface area contributed by atoms with Crippen molar-refractivity contribution in [3.8, 4) is 0 Å². The summed E-state index contributed by atoms with van der Waals surface area (Å²) in [5.74, 6) is -0.169. The Hall–Kier alpha value is -2.00. The van der Waals surface area contributed by atoms with Gasteiger partial charge in [0.25, 0.3) is 0 Å². The second-order valence-corrected chi connectivity index (χ2v) is 7.04. The molecule has 1 N–H and O–H groups in total. The van der Waals surface area contributed by atoms with Crippen molar-refractivity contribution in [3.63, 3.8) is 0 Å². The van der Waals surface area contributed by atoms with Crippen molar-refractivity contribution in [3.05, 3.63) is 60.2 Å². The third kappa shape index (κ3) is 5.28. The molecule has 2 rings (SSSR count). The molecule has 1 amide bonds. The number of amides is 1. The first-order valence-electron chi connectivity index (χ1n) is 7.30. The van der Waals surface area contributed by atoms with E-state index in [0.29, 0.717) is 5.56 Å². The van der Waals surface area contributed by atoms with Crippen LogP contribution < -0.4 is 9.30 Å². The van der Waals surface area contributed by atoms with E-state index in [1.54, 1.807) is 43.4 Å². The SMILES string of the molecule is CN(C(=O)CCC(=O)c1ccccc1)c1cc[c]([Ge][O]OO)cc1. The Balaban J connectivity index is 1.88. The van der Waals surface area contributed by atoms with Gasteiger partial charge < -0.3 is 0 Å². The van der Waals surface area contributed by atoms with Crippen LogP contribution in [0.25, 0.3) is 0 Å². The standard InChI is InChI=1S/C17H17GeNO5/c1-19(15-9-7-14(8-10-15)18-23-24-22)17(21)12-11-16(20)13-5-3-2-4-6-13/h2-10,22H,11-12H2,1H3. The van der Waals surface area contributed by atoms with Gasteiger partial charge in [-0.05, 0) is 0 Å². The first-order chi connectivity index (χ1) is 11.6. The van der Waals surface area contributed by atoms with Gasteiger partial charge in [-0.1, -0.05) is 6.07 Å². The molecule has 0 spiro atoms. The minimum absolute atomic E-state index is 0.0424. The zero-order chi connectivity index (χ0) is 17.4. The molecule has 7 heteroatoms. The molecule has 6 nitrogen and oxygen atoms in total. The third-order valence-corrected chi connectivity index (χ3v) is 5.01. The van der Waals surface area contributed by atoms with Crippen LogP contribution >= 0.6 is 0 Å². The third-order valence-electron chi connectivity index (χ3n) is 3.49. The summed E-state index contributed by atoms with van der Waals surface area (Å²) < 4.78 is 5.45. The summed E-state index contributed by atoms with van der Waals surface area (Å²) >= 11 is -1.02. The Labute approximate surface area is 146 Å². The van der Waals surface area contributed by atoms with E-state index in [2.05, 4.69) is 8.95 Å². The fraction of sp³-hybridized carbons (Fsp3) is 0.176. The van der Waals surface area contributed by atoms with Gasteiger partial charge >= 0.3 is 140 Å². The van der Waals surface area contributed by atoms with E-state index in [9.17, 15) is 9.59 Å². The van der Waals surface area contributed by atoms with Crippen LogP contribution in [0, 0.1) is 0 Å². The summed E-state index contributed by atoms with van der Waals surface area (Å²) in [6.45, 7) is 0. The first kappa shape index (κ1) is 18.3. The summed E-state index contributed by atoms with van der Waals surface area (Å²) in [5, 5.41) is 11.8. The summed E-state index contributed by atoms with van der Waals surface area (Å²) in [6.07, 6.45) is 0.334. The summed E-state index contributed by atoms with van der Waals surface area (Å²) in [5.41, 5.74) is 1.35. The quantitative estimate of drug-likeness (QED) is 0.324. The summed E-state index contributed by atoms with van der Waals surface area (Å²) in [7, 11) is 1.67. The molecule has 0 bridgehead atoms. The van der Waals surface area contributed by atoms with Crippen LogP contribution in [0.4, 0.5) is 5.69 Å². The number of nitrogens with zero attached hydrogens (tertiary/aromatic N) is 1. The van der Waals surface area contributed by atoms with Gasteiger partial charge in [0.1, 0.15) is 0 Å². The maximum atomic E-state index is 12.2. The van der Waals surface area contributed by atoms with E-state index in [1.807, 2.05) is 18.2 Å². The van der Waals surface area contributed by atoms with E-state index < -0.39 is 15.8 Å². The van der Waals surface area contributed by atoms with E-state index in [4.69, 9.17) is 5.26 Å². The number of hydrogen-bond acceptors (Lipinski definition) is 5. The molecule has 124 valence electrons. The van der Waals surface area contributed by atoms with Crippen molar-refractivity contribution in [2.24, 2.45) is 0 Å². The summed E-state index contributed by atoms with van der Waals surface area (Å²) in [4.78, 5) is 25.8. The van der Waals surface area contributed by atoms with Gasteiger partial charge in [-0.3, -0.25) is 0 Å². The van der Waals surface area contributed by atoms with Gasteiger partial charge in [0.05, 0.1) is 0 Å². The normalized spacial score (nSPS) is 10.4. The number of hydrogen-bond donors (Lipinski definition) is 1. The first-order valence-corrected chi connectivity index (χ1v) is 9.20. The number of carbonyl (C=O) groups excluding carboxylic acids is 2. The molecule has 0 saturated carbocycles. The van der Waals surface area contributed by atoms with Gasteiger partial charge in [0.2, 0.25) is 0 Å². The Morgan fingerprint density at radius 3 is 2.33 bits per heavy atom. The zero-order valence-corrected chi connectivity index (χ0v) is 15.2. The molecule has 24 heavy (non-hydrogen) atoms. The molecular weight excluding hydrogens is 371 g/mol. The molecule has 0 heterocycles. The Morgan fingerprint density at radius 1 is 1.04 bits per heavy atom. The Morgan fingerprint density at radius 2 is 1.71 bits per heavy atom. The van der Waals surface area contributed by atoms with E-state index in [-0.39, 0.29) is 24.5 Å². The zero-order valence-electron chi connectivity index (χ0n) is 13.1. The van der Waals surface area contributed by atoms with E-state index >= 15 is 0 Å². The topological polar surface area (TPSA) is 76.1 Å². The second-order valence-electron chi connectivity index (χ2n) is 5.05. The van der Waals surface area contributed by atoms with Gasteiger partial charge in [-0.15, -0.1) is 0 Å². The molecule has 0 unspecified atom stereocenters. The van der Waals surface area contributed by atoms with Crippen molar-refractivity contribution in [2.75, 3.05) is 11.9 Å². The average molecular weight is 388 g/mol. The molecule has 0 atom stereocenters. The fourth-order valence-electron chi connectivity index (χ4n) is 2.12. The molecule has 0 aliphatic heterocycles. The molecule has 0 aliphatic carbocycles. The van der Waals surface area contributed by atoms with Crippen LogP contribution in [0.1, 0.15) is 23.2 Å². The number of Topliss-reactive ketones (excluding diaryl/α,β-unsaturated/α-hetero) is 1. The van der Waals surface area contributed by atoms with Gasteiger partial charge in [-0.2, -0.15) is 0 Å². The maximum absolute atomic E-state index is 12.2. The molecule has 0 aliphatic rings. The minimum atomic E-state index is -1.02. The van der Waals surface area contributed by atoms with Crippen molar-refractivity contribution in [2.45, 2.75) is 12.8 Å². The number of anilines is 1. The van der Waals surface area contributed by atoms with Crippen molar-refractivity contribution >= 4 is 37.5 Å². The second kappa shape index (κ2) is 9.34. The van der Waals surface area contributed by atoms with Crippen LogP contribution in [0.2, 0.25) is 0 Å². The number of benzene rings is 2. The van der Waals surface area contributed by atoms with Crippen molar-refractivity contribution < 1.29 is 23.8 Å². The van der Waals surface area contributed by atoms with E-state index in [1.165, 1.54) is 4.90 Å².